The Morgan fingerprint density at radius 3 is 2.82 bits per heavy atom. The average molecular weight is 375 g/mol. The number of amides is 1. The number of pyridine rings is 2. The van der Waals surface area contributed by atoms with Gasteiger partial charge in [-0.25, -0.2) is 4.39 Å². The summed E-state index contributed by atoms with van der Waals surface area (Å²) in [7, 11) is 0. The zero-order valence-corrected chi connectivity index (χ0v) is 15.6. The number of carbonyl (C=O) groups is 1. The molecule has 0 spiro atoms. The van der Waals surface area contributed by atoms with E-state index in [4.69, 9.17) is 4.98 Å². The molecule has 1 fully saturated rings. The Hall–Kier alpha value is -3.08. The van der Waals surface area contributed by atoms with Crippen LogP contribution in [0, 0.1) is 5.82 Å². The summed E-state index contributed by atoms with van der Waals surface area (Å²) in [6, 6.07) is 18.0. The van der Waals surface area contributed by atoms with Gasteiger partial charge in [0.2, 0.25) is 5.91 Å². The molecule has 0 saturated carbocycles. The lowest BCUT2D eigenvalue weighted by Crippen LogP contribution is -2.40. The third-order valence-electron chi connectivity index (χ3n) is 5.14. The van der Waals surface area contributed by atoms with Crippen LogP contribution in [0.15, 0.2) is 66.9 Å². The summed E-state index contributed by atoms with van der Waals surface area (Å²) in [5, 5.41) is 0. The minimum Gasteiger partial charge on any atom is -0.342 e. The van der Waals surface area contributed by atoms with E-state index in [2.05, 4.69) is 4.98 Å². The lowest BCUT2D eigenvalue weighted by atomic mass is 9.93. The van der Waals surface area contributed by atoms with Crippen LogP contribution in [-0.4, -0.2) is 33.9 Å². The summed E-state index contributed by atoms with van der Waals surface area (Å²) < 4.78 is 13.6. The molecule has 4 rings (SSSR count). The van der Waals surface area contributed by atoms with E-state index in [1.165, 1.54) is 12.1 Å². The van der Waals surface area contributed by atoms with Crippen molar-refractivity contribution in [3.63, 3.8) is 0 Å². The Kier molecular flexibility index (Phi) is 5.42. The van der Waals surface area contributed by atoms with Crippen molar-refractivity contribution in [1.29, 1.82) is 0 Å². The first kappa shape index (κ1) is 18.3. The summed E-state index contributed by atoms with van der Waals surface area (Å²) in [6.45, 7) is 1.43. The number of piperidine rings is 1. The standard InChI is InChI=1S/C23H22FN3O/c24-19-8-3-6-17(14-19)21-10-4-11-22(26-21)18-7-5-13-27(16-18)23(28)15-20-9-1-2-12-25-20/h1-4,6,8-12,14,18H,5,7,13,15-16H2/t18-/m1/s1. The van der Waals surface area contributed by atoms with Gasteiger partial charge in [-0.1, -0.05) is 24.3 Å². The molecular weight excluding hydrogens is 353 g/mol. The lowest BCUT2D eigenvalue weighted by molar-refractivity contribution is -0.131. The average Bonchev–Trinajstić information content (AvgIpc) is 2.75. The van der Waals surface area contributed by atoms with E-state index >= 15 is 0 Å². The van der Waals surface area contributed by atoms with Crippen LogP contribution in [0.2, 0.25) is 0 Å². The first-order chi connectivity index (χ1) is 13.7. The highest BCUT2D eigenvalue weighted by Crippen LogP contribution is 2.28. The van der Waals surface area contributed by atoms with E-state index in [1.54, 1.807) is 12.3 Å². The van der Waals surface area contributed by atoms with Crippen LogP contribution < -0.4 is 0 Å². The van der Waals surface area contributed by atoms with Gasteiger partial charge in [0.05, 0.1) is 12.1 Å². The Morgan fingerprint density at radius 2 is 2.00 bits per heavy atom. The van der Waals surface area contributed by atoms with Crippen molar-refractivity contribution in [2.24, 2.45) is 0 Å². The van der Waals surface area contributed by atoms with E-state index in [0.29, 0.717) is 13.0 Å². The molecule has 5 heteroatoms. The van der Waals surface area contributed by atoms with Crippen LogP contribution in [0.1, 0.15) is 30.1 Å². The zero-order chi connectivity index (χ0) is 19.3. The van der Waals surface area contributed by atoms with Crippen molar-refractivity contribution in [2.75, 3.05) is 13.1 Å². The highest BCUT2D eigenvalue weighted by atomic mass is 19.1. The second-order valence-electron chi connectivity index (χ2n) is 7.13. The molecular formula is C23H22FN3O. The highest BCUT2D eigenvalue weighted by molar-refractivity contribution is 5.78. The van der Waals surface area contributed by atoms with Crippen molar-refractivity contribution in [1.82, 2.24) is 14.9 Å². The fourth-order valence-corrected chi connectivity index (χ4v) is 3.70. The molecule has 3 aromatic rings. The number of rotatable bonds is 4. The number of likely N-dealkylation sites (tertiary alicyclic amines) is 1. The maximum Gasteiger partial charge on any atom is 0.228 e. The number of carbonyl (C=O) groups excluding carboxylic acids is 1. The molecule has 0 unspecified atom stereocenters. The zero-order valence-electron chi connectivity index (χ0n) is 15.6. The number of aromatic nitrogens is 2. The number of nitrogens with zero attached hydrogens (tertiary/aromatic N) is 3. The maximum absolute atomic E-state index is 13.6. The number of benzene rings is 1. The summed E-state index contributed by atoms with van der Waals surface area (Å²) in [5.41, 5.74) is 3.27. The first-order valence-corrected chi connectivity index (χ1v) is 9.59. The molecule has 0 aliphatic carbocycles. The van der Waals surface area contributed by atoms with Crippen LogP contribution in [0.4, 0.5) is 4.39 Å². The summed E-state index contributed by atoms with van der Waals surface area (Å²) >= 11 is 0. The van der Waals surface area contributed by atoms with Gasteiger partial charge in [0.25, 0.3) is 0 Å². The molecule has 1 atom stereocenters. The van der Waals surface area contributed by atoms with Gasteiger partial charge in [-0.15, -0.1) is 0 Å². The molecule has 4 nitrogen and oxygen atoms in total. The van der Waals surface area contributed by atoms with E-state index in [-0.39, 0.29) is 17.6 Å². The van der Waals surface area contributed by atoms with Gasteiger partial charge >= 0.3 is 0 Å². The third kappa shape index (κ3) is 4.25. The lowest BCUT2D eigenvalue weighted by Gasteiger charge is -2.32. The van der Waals surface area contributed by atoms with Crippen LogP contribution in [0.3, 0.4) is 0 Å². The largest absolute Gasteiger partial charge is 0.342 e. The fraction of sp³-hybridized carbons (Fsp3) is 0.261. The predicted octanol–water partition coefficient (Wildman–Crippen LogP) is 4.23. The van der Waals surface area contributed by atoms with Gasteiger partial charge in [0.1, 0.15) is 5.82 Å². The first-order valence-electron chi connectivity index (χ1n) is 9.59. The number of hydrogen-bond acceptors (Lipinski definition) is 3. The Balaban J connectivity index is 1.49. The normalized spacial score (nSPS) is 16.8. The smallest absolute Gasteiger partial charge is 0.228 e. The van der Waals surface area contributed by atoms with Crippen LogP contribution in [0.25, 0.3) is 11.3 Å². The summed E-state index contributed by atoms with van der Waals surface area (Å²) in [4.78, 5) is 23.6. The minimum absolute atomic E-state index is 0.102. The summed E-state index contributed by atoms with van der Waals surface area (Å²) in [5.74, 6) is 0.0216. The van der Waals surface area contributed by atoms with Crippen molar-refractivity contribution in [2.45, 2.75) is 25.2 Å². The topological polar surface area (TPSA) is 46.1 Å². The molecule has 2 aromatic heterocycles. The van der Waals surface area contributed by atoms with Gasteiger partial charge in [-0.05, 0) is 49.2 Å². The Bertz CT molecular complexity index is 961. The monoisotopic (exact) mass is 375 g/mol. The van der Waals surface area contributed by atoms with Crippen LogP contribution in [0.5, 0.6) is 0 Å². The summed E-state index contributed by atoms with van der Waals surface area (Å²) in [6.07, 6.45) is 3.98. The molecule has 1 aliphatic heterocycles. The van der Waals surface area contributed by atoms with Gasteiger partial charge in [0, 0.05) is 42.2 Å². The van der Waals surface area contributed by atoms with Gasteiger partial charge in [-0.2, -0.15) is 0 Å². The van der Waals surface area contributed by atoms with Crippen molar-refractivity contribution < 1.29 is 9.18 Å². The molecule has 1 aromatic carbocycles. The SMILES string of the molecule is O=C(Cc1ccccn1)N1CCC[C@@H](c2cccc(-c3cccc(F)c3)n2)C1. The third-order valence-corrected chi connectivity index (χ3v) is 5.14. The maximum atomic E-state index is 13.6. The molecule has 1 aliphatic rings. The van der Waals surface area contributed by atoms with E-state index in [1.807, 2.05) is 47.4 Å². The molecule has 0 radical (unpaired) electrons. The highest BCUT2D eigenvalue weighted by Gasteiger charge is 2.26. The fourth-order valence-electron chi connectivity index (χ4n) is 3.70. The predicted molar refractivity (Wildman–Crippen MR) is 106 cm³/mol. The molecule has 0 N–H and O–H groups in total. The van der Waals surface area contributed by atoms with E-state index < -0.39 is 0 Å². The second-order valence-corrected chi connectivity index (χ2v) is 7.13. The van der Waals surface area contributed by atoms with Crippen LogP contribution >= 0.6 is 0 Å². The molecule has 142 valence electrons. The quantitative estimate of drug-likeness (QED) is 0.685. The van der Waals surface area contributed by atoms with E-state index in [0.717, 1.165) is 42.0 Å². The minimum atomic E-state index is -0.270. The van der Waals surface area contributed by atoms with Crippen LogP contribution in [-0.2, 0) is 11.2 Å². The Labute approximate surface area is 164 Å². The second kappa shape index (κ2) is 8.30. The molecule has 0 bridgehead atoms. The molecule has 3 heterocycles. The van der Waals surface area contributed by atoms with E-state index in [9.17, 15) is 9.18 Å². The van der Waals surface area contributed by atoms with Crippen molar-refractivity contribution in [3.8, 4) is 11.3 Å². The number of halogens is 1. The van der Waals surface area contributed by atoms with Gasteiger partial charge in [0.15, 0.2) is 0 Å². The molecule has 28 heavy (non-hydrogen) atoms. The number of hydrogen-bond donors (Lipinski definition) is 0. The van der Waals surface area contributed by atoms with Crippen molar-refractivity contribution >= 4 is 5.91 Å². The van der Waals surface area contributed by atoms with Crippen molar-refractivity contribution in [3.05, 3.63) is 84.1 Å². The molecule has 1 saturated heterocycles. The Morgan fingerprint density at radius 1 is 1.11 bits per heavy atom. The van der Waals surface area contributed by atoms with Gasteiger partial charge < -0.3 is 4.90 Å². The molecule has 1 amide bonds. The van der Waals surface area contributed by atoms with Gasteiger partial charge in [-0.3, -0.25) is 14.8 Å².